The number of nitrogens with one attached hydrogen (secondary N) is 1. The number of aromatic amines is 1. The summed E-state index contributed by atoms with van der Waals surface area (Å²) in [6.07, 6.45) is 1.35. The van der Waals surface area contributed by atoms with Crippen molar-refractivity contribution in [2.45, 2.75) is 17.2 Å². The van der Waals surface area contributed by atoms with Crippen molar-refractivity contribution in [3.63, 3.8) is 0 Å². The molecule has 0 bridgehead atoms. The maximum atomic E-state index is 11.1. The molecule has 0 aromatic carbocycles. The van der Waals surface area contributed by atoms with Gasteiger partial charge in [0.25, 0.3) is 5.56 Å². The summed E-state index contributed by atoms with van der Waals surface area (Å²) in [6, 6.07) is 0. The Kier molecular flexibility index (Phi) is 3.95. The minimum Gasteiger partial charge on any atom is -0.395 e. The van der Waals surface area contributed by atoms with Crippen molar-refractivity contribution in [1.82, 2.24) is 9.97 Å². The molecular formula is C7H9BrN2O2S. The number of hydrogen-bond donors (Lipinski definition) is 2. The van der Waals surface area contributed by atoms with Gasteiger partial charge in [-0.15, -0.1) is 0 Å². The first-order valence-electron chi connectivity index (χ1n) is 3.66. The number of aliphatic hydroxyl groups is 1. The topological polar surface area (TPSA) is 66.0 Å². The van der Waals surface area contributed by atoms with E-state index in [-0.39, 0.29) is 17.4 Å². The van der Waals surface area contributed by atoms with Crippen molar-refractivity contribution < 1.29 is 5.11 Å². The first kappa shape index (κ1) is 10.7. The summed E-state index contributed by atoms with van der Waals surface area (Å²) >= 11 is 4.49. The molecule has 1 atom stereocenters. The van der Waals surface area contributed by atoms with Gasteiger partial charge < -0.3 is 10.1 Å². The number of H-pyrrole nitrogens is 1. The van der Waals surface area contributed by atoms with Crippen LogP contribution in [0.25, 0.3) is 0 Å². The number of aromatic nitrogens is 2. The van der Waals surface area contributed by atoms with Gasteiger partial charge in [0.1, 0.15) is 9.50 Å². The molecule has 0 saturated carbocycles. The third-order valence-corrected chi connectivity index (χ3v) is 3.42. The largest absolute Gasteiger partial charge is 0.395 e. The molecule has 0 aliphatic rings. The molecular weight excluding hydrogens is 256 g/mol. The Balaban J connectivity index is 2.89. The van der Waals surface area contributed by atoms with E-state index in [0.29, 0.717) is 9.50 Å². The smallest absolute Gasteiger partial charge is 0.266 e. The highest BCUT2D eigenvalue weighted by molar-refractivity contribution is 9.10. The molecule has 2 N–H and O–H groups in total. The summed E-state index contributed by atoms with van der Waals surface area (Å²) in [5.74, 6) is 0. The highest BCUT2D eigenvalue weighted by atomic mass is 79.9. The maximum Gasteiger partial charge on any atom is 0.266 e. The molecule has 0 saturated heterocycles. The van der Waals surface area contributed by atoms with Gasteiger partial charge in [-0.3, -0.25) is 4.79 Å². The number of hydrogen-bond acceptors (Lipinski definition) is 4. The Morgan fingerprint density at radius 3 is 3.15 bits per heavy atom. The Bertz CT molecular complexity index is 342. The molecule has 1 rings (SSSR count). The average Bonchev–Trinajstić information content (AvgIpc) is 2.13. The molecule has 0 fully saturated rings. The molecule has 0 aliphatic carbocycles. The van der Waals surface area contributed by atoms with Gasteiger partial charge in [-0.2, -0.15) is 0 Å². The van der Waals surface area contributed by atoms with E-state index in [9.17, 15) is 4.79 Å². The van der Waals surface area contributed by atoms with Crippen LogP contribution in [0.1, 0.15) is 6.92 Å². The second kappa shape index (κ2) is 4.78. The van der Waals surface area contributed by atoms with Crippen molar-refractivity contribution in [2.24, 2.45) is 0 Å². The zero-order chi connectivity index (χ0) is 9.84. The van der Waals surface area contributed by atoms with Crippen LogP contribution in [0.3, 0.4) is 0 Å². The molecule has 0 spiro atoms. The monoisotopic (exact) mass is 264 g/mol. The molecule has 1 aromatic heterocycles. The minimum atomic E-state index is -0.206. The van der Waals surface area contributed by atoms with Crippen LogP contribution in [0.5, 0.6) is 0 Å². The van der Waals surface area contributed by atoms with E-state index in [1.807, 2.05) is 6.92 Å². The lowest BCUT2D eigenvalue weighted by Gasteiger charge is -2.06. The molecule has 0 amide bonds. The summed E-state index contributed by atoms with van der Waals surface area (Å²) in [6.45, 7) is 1.92. The Morgan fingerprint density at radius 1 is 1.85 bits per heavy atom. The normalized spacial score (nSPS) is 12.8. The van der Waals surface area contributed by atoms with Crippen LogP contribution in [0, 0.1) is 0 Å². The molecule has 1 heterocycles. The van der Waals surface area contributed by atoms with E-state index >= 15 is 0 Å². The first-order chi connectivity index (χ1) is 6.15. The first-order valence-corrected chi connectivity index (χ1v) is 5.33. The molecule has 1 unspecified atom stereocenters. The van der Waals surface area contributed by atoms with E-state index in [4.69, 9.17) is 5.11 Å². The van der Waals surface area contributed by atoms with Crippen LogP contribution >= 0.6 is 27.7 Å². The number of thioether (sulfide) groups is 1. The summed E-state index contributed by atoms with van der Waals surface area (Å²) in [4.78, 5) is 17.5. The third kappa shape index (κ3) is 2.82. The quantitative estimate of drug-likeness (QED) is 0.632. The predicted molar refractivity (Wildman–Crippen MR) is 55.0 cm³/mol. The fourth-order valence-corrected chi connectivity index (χ4v) is 1.94. The molecule has 13 heavy (non-hydrogen) atoms. The van der Waals surface area contributed by atoms with Crippen molar-refractivity contribution in [3.05, 3.63) is 21.2 Å². The molecule has 0 radical (unpaired) electrons. The SMILES string of the molecule is CC(CO)Sc1nc[nH]c(=O)c1Br. The van der Waals surface area contributed by atoms with E-state index in [1.54, 1.807) is 0 Å². The fraction of sp³-hybridized carbons (Fsp3) is 0.429. The Labute approximate surface area is 87.9 Å². The van der Waals surface area contributed by atoms with Crippen molar-refractivity contribution in [3.8, 4) is 0 Å². The van der Waals surface area contributed by atoms with Gasteiger partial charge in [-0.1, -0.05) is 18.7 Å². The lowest BCUT2D eigenvalue weighted by molar-refractivity contribution is 0.300. The van der Waals surface area contributed by atoms with E-state index in [0.717, 1.165) is 0 Å². The zero-order valence-electron chi connectivity index (χ0n) is 6.95. The minimum absolute atomic E-state index is 0.0330. The third-order valence-electron chi connectivity index (χ3n) is 1.33. The van der Waals surface area contributed by atoms with Crippen LogP contribution in [0.4, 0.5) is 0 Å². The summed E-state index contributed by atoms with van der Waals surface area (Å²) in [5, 5.41) is 9.44. The predicted octanol–water partition coefficient (Wildman–Crippen LogP) is 1.01. The number of halogens is 1. The fourth-order valence-electron chi connectivity index (χ4n) is 0.677. The standard InChI is InChI=1S/C7H9BrN2O2S/c1-4(2-11)13-7-5(8)6(12)9-3-10-7/h3-4,11H,2H2,1H3,(H,9,10,12). The van der Waals surface area contributed by atoms with Crippen LogP contribution in [-0.2, 0) is 0 Å². The van der Waals surface area contributed by atoms with Crippen molar-refractivity contribution in [1.29, 1.82) is 0 Å². The lowest BCUT2D eigenvalue weighted by atomic mass is 10.5. The zero-order valence-corrected chi connectivity index (χ0v) is 9.35. The van der Waals surface area contributed by atoms with Gasteiger partial charge in [0.15, 0.2) is 0 Å². The van der Waals surface area contributed by atoms with Crippen LogP contribution in [0.2, 0.25) is 0 Å². The van der Waals surface area contributed by atoms with Gasteiger partial charge >= 0.3 is 0 Å². The number of aliphatic hydroxyl groups excluding tert-OH is 1. The van der Waals surface area contributed by atoms with Gasteiger partial charge in [0.05, 0.1) is 12.9 Å². The number of rotatable bonds is 3. The second-order valence-electron chi connectivity index (χ2n) is 2.46. The van der Waals surface area contributed by atoms with E-state index in [1.165, 1.54) is 18.1 Å². The van der Waals surface area contributed by atoms with Crippen molar-refractivity contribution in [2.75, 3.05) is 6.61 Å². The molecule has 4 nitrogen and oxygen atoms in total. The molecule has 6 heteroatoms. The summed E-state index contributed by atoms with van der Waals surface area (Å²) in [5.41, 5.74) is -0.206. The Hall–Kier alpha value is -0.330. The van der Waals surface area contributed by atoms with Crippen LogP contribution in [-0.4, -0.2) is 26.9 Å². The van der Waals surface area contributed by atoms with Crippen LogP contribution in [0.15, 0.2) is 20.6 Å². The summed E-state index contributed by atoms with van der Waals surface area (Å²) in [7, 11) is 0. The lowest BCUT2D eigenvalue weighted by Crippen LogP contribution is -2.10. The Morgan fingerprint density at radius 2 is 2.54 bits per heavy atom. The molecule has 0 aliphatic heterocycles. The van der Waals surface area contributed by atoms with Gasteiger partial charge in [-0.05, 0) is 15.9 Å². The molecule has 1 aromatic rings. The summed E-state index contributed by atoms with van der Waals surface area (Å²) < 4.78 is 0.417. The van der Waals surface area contributed by atoms with Gasteiger partial charge in [0, 0.05) is 5.25 Å². The van der Waals surface area contributed by atoms with E-state index < -0.39 is 0 Å². The van der Waals surface area contributed by atoms with Crippen molar-refractivity contribution >= 4 is 27.7 Å². The number of nitrogens with zero attached hydrogens (tertiary/aromatic N) is 1. The van der Waals surface area contributed by atoms with Gasteiger partial charge in [0.2, 0.25) is 0 Å². The molecule has 72 valence electrons. The van der Waals surface area contributed by atoms with Crippen LogP contribution < -0.4 is 5.56 Å². The highest BCUT2D eigenvalue weighted by Crippen LogP contribution is 2.24. The average molecular weight is 265 g/mol. The highest BCUT2D eigenvalue weighted by Gasteiger charge is 2.09. The van der Waals surface area contributed by atoms with Gasteiger partial charge in [-0.25, -0.2) is 4.98 Å². The maximum absolute atomic E-state index is 11.1. The van der Waals surface area contributed by atoms with E-state index in [2.05, 4.69) is 25.9 Å². The second-order valence-corrected chi connectivity index (χ2v) is 4.68.